The second-order valence-electron chi connectivity index (χ2n) is 3.76. The molecule has 0 radical (unpaired) electrons. The Morgan fingerprint density at radius 3 is 2.65 bits per heavy atom. The summed E-state index contributed by atoms with van der Waals surface area (Å²) < 4.78 is 9.95. The summed E-state index contributed by atoms with van der Waals surface area (Å²) in [4.78, 5) is 11.1. The number of ether oxygens (including phenoxy) is 2. The van der Waals surface area contributed by atoms with Gasteiger partial charge in [-0.05, 0) is 0 Å². The second-order valence-corrected chi connectivity index (χ2v) is 3.76. The van der Waals surface area contributed by atoms with Gasteiger partial charge in [0, 0.05) is 13.5 Å². The van der Waals surface area contributed by atoms with Gasteiger partial charge in [0.1, 0.15) is 6.10 Å². The molecule has 1 aliphatic rings. The maximum absolute atomic E-state index is 11.1. The fourth-order valence-corrected chi connectivity index (χ4v) is 1.90. The molecule has 0 aromatic carbocycles. The van der Waals surface area contributed by atoms with Crippen LogP contribution in [0, 0.1) is 0 Å². The summed E-state index contributed by atoms with van der Waals surface area (Å²) in [6.45, 7) is -0.929. The Kier molecular flexibility index (Phi) is 4.80. The molecule has 17 heavy (non-hydrogen) atoms. The number of aliphatic carboxylic acids is 1. The maximum atomic E-state index is 11.1. The highest BCUT2D eigenvalue weighted by atomic mass is 16.7. The molecular formula is C9H17NO7. The average Bonchev–Trinajstić information content (AvgIpc) is 2.31. The zero-order valence-electron chi connectivity index (χ0n) is 9.37. The third kappa shape index (κ3) is 2.73. The van der Waals surface area contributed by atoms with Crippen molar-refractivity contribution in [1.29, 1.82) is 0 Å². The number of nitrogens with one attached hydrogen (secondary N) is 1. The molecule has 0 spiro atoms. The summed E-state index contributed by atoms with van der Waals surface area (Å²) in [5.41, 5.74) is 0. The smallest absolute Gasteiger partial charge is 0.364 e. The molecule has 0 aliphatic carbocycles. The van der Waals surface area contributed by atoms with Gasteiger partial charge in [0.05, 0.1) is 25.5 Å². The topological polar surface area (TPSA) is 128 Å². The highest BCUT2D eigenvalue weighted by Gasteiger charge is 2.52. The predicted octanol–water partition coefficient (Wildman–Crippen LogP) is -2.54. The van der Waals surface area contributed by atoms with Gasteiger partial charge in [0.2, 0.25) is 0 Å². The summed E-state index contributed by atoms with van der Waals surface area (Å²) in [6, 6.07) is -0.757. The lowest BCUT2D eigenvalue weighted by Gasteiger charge is -2.43. The molecule has 8 nitrogen and oxygen atoms in total. The molecule has 0 aromatic rings. The fourth-order valence-electron chi connectivity index (χ4n) is 1.90. The van der Waals surface area contributed by atoms with Crippen molar-refractivity contribution in [3.05, 3.63) is 0 Å². The van der Waals surface area contributed by atoms with E-state index in [0.717, 1.165) is 7.11 Å². The number of hydrogen-bond donors (Lipinski definition) is 5. The van der Waals surface area contributed by atoms with E-state index in [1.807, 2.05) is 0 Å². The normalized spacial score (nSPS) is 38.0. The zero-order chi connectivity index (χ0) is 13.1. The Bertz CT molecular complexity index is 274. The molecule has 4 unspecified atom stereocenters. The molecule has 8 heteroatoms. The number of aliphatic hydroxyl groups excluding tert-OH is 3. The third-order valence-electron chi connectivity index (χ3n) is 2.80. The van der Waals surface area contributed by atoms with Crippen LogP contribution in [0.5, 0.6) is 0 Å². The average molecular weight is 251 g/mol. The van der Waals surface area contributed by atoms with Crippen molar-refractivity contribution in [2.24, 2.45) is 0 Å². The van der Waals surface area contributed by atoms with Crippen LogP contribution in [-0.4, -0.2) is 70.9 Å². The van der Waals surface area contributed by atoms with Crippen molar-refractivity contribution in [2.75, 3.05) is 20.4 Å². The lowest BCUT2D eigenvalue weighted by molar-refractivity contribution is -0.291. The lowest BCUT2D eigenvalue weighted by atomic mass is 9.93. The Labute approximate surface area is 97.8 Å². The van der Waals surface area contributed by atoms with E-state index < -0.39 is 43.3 Å². The molecule has 0 bridgehead atoms. The zero-order valence-corrected chi connectivity index (χ0v) is 9.37. The van der Waals surface area contributed by atoms with E-state index >= 15 is 0 Å². The van der Waals surface area contributed by atoms with Gasteiger partial charge in [-0.25, -0.2) is 4.79 Å². The van der Waals surface area contributed by atoms with E-state index in [1.165, 1.54) is 0 Å². The van der Waals surface area contributed by atoms with Gasteiger partial charge in [-0.1, -0.05) is 0 Å². The van der Waals surface area contributed by atoms with E-state index in [9.17, 15) is 9.90 Å². The van der Waals surface area contributed by atoms with Crippen LogP contribution in [0.25, 0.3) is 0 Å². The summed E-state index contributed by atoms with van der Waals surface area (Å²) in [6.07, 6.45) is -2.40. The van der Waals surface area contributed by atoms with Gasteiger partial charge in [-0.15, -0.1) is 0 Å². The van der Waals surface area contributed by atoms with Crippen LogP contribution in [-0.2, 0) is 14.3 Å². The quantitative estimate of drug-likeness (QED) is 0.338. The molecular weight excluding hydrogens is 234 g/mol. The fraction of sp³-hybridized carbons (Fsp3) is 0.889. The van der Waals surface area contributed by atoms with Crippen molar-refractivity contribution in [3.8, 4) is 0 Å². The molecule has 0 amide bonds. The van der Waals surface area contributed by atoms with E-state index in [2.05, 4.69) is 5.32 Å². The SMILES string of the molecule is COC1(C(=O)O)CC(O)C(NCO)C(CO)O1. The van der Waals surface area contributed by atoms with Crippen LogP contribution in [0.3, 0.4) is 0 Å². The van der Waals surface area contributed by atoms with Crippen LogP contribution in [0.1, 0.15) is 6.42 Å². The first-order chi connectivity index (χ1) is 8.00. The molecule has 1 rings (SSSR count). The first-order valence-corrected chi connectivity index (χ1v) is 5.10. The first-order valence-electron chi connectivity index (χ1n) is 5.10. The Hall–Kier alpha value is -0.770. The number of hydrogen-bond acceptors (Lipinski definition) is 7. The van der Waals surface area contributed by atoms with Crippen LogP contribution >= 0.6 is 0 Å². The second kappa shape index (κ2) is 5.71. The highest BCUT2D eigenvalue weighted by molar-refractivity contribution is 5.76. The number of methoxy groups -OCH3 is 1. The van der Waals surface area contributed by atoms with E-state index in [-0.39, 0.29) is 6.42 Å². The summed E-state index contributed by atoms with van der Waals surface area (Å²) >= 11 is 0. The Balaban J connectivity index is 2.89. The summed E-state index contributed by atoms with van der Waals surface area (Å²) in [7, 11) is 1.15. The van der Waals surface area contributed by atoms with Gasteiger partial charge in [-0.3, -0.25) is 5.32 Å². The summed E-state index contributed by atoms with van der Waals surface area (Å²) in [5, 5.41) is 39.2. The number of aliphatic hydroxyl groups is 3. The minimum atomic E-state index is -1.97. The Morgan fingerprint density at radius 1 is 1.59 bits per heavy atom. The molecule has 100 valence electrons. The van der Waals surface area contributed by atoms with Gasteiger partial charge in [0.15, 0.2) is 0 Å². The molecule has 1 aliphatic heterocycles. The van der Waals surface area contributed by atoms with Crippen molar-refractivity contribution >= 4 is 5.97 Å². The van der Waals surface area contributed by atoms with Crippen LogP contribution in [0.2, 0.25) is 0 Å². The molecule has 1 heterocycles. The van der Waals surface area contributed by atoms with Crippen LogP contribution in [0.4, 0.5) is 0 Å². The third-order valence-corrected chi connectivity index (χ3v) is 2.80. The minimum Gasteiger partial charge on any atom is -0.477 e. The summed E-state index contributed by atoms with van der Waals surface area (Å²) in [5.74, 6) is -3.35. The lowest BCUT2D eigenvalue weighted by Crippen LogP contribution is -2.64. The number of carboxylic acids is 1. The van der Waals surface area contributed by atoms with Crippen molar-refractivity contribution in [3.63, 3.8) is 0 Å². The van der Waals surface area contributed by atoms with Crippen LogP contribution in [0.15, 0.2) is 0 Å². The van der Waals surface area contributed by atoms with Crippen molar-refractivity contribution < 1.29 is 34.7 Å². The molecule has 1 saturated heterocycles. The van der Waals surface area contributed by atoms with Gasteiger partial charge >= 0.3 is 5.97 Å². The van der Waals surface area contributed by atoms with E-state index in [4.69, 9.17) is 24.8 Å². The predicted molar refractivity (Wildman–Crippen MR) is 54.0 cm³/mol. The molecule has 4 atom stereocenters. The monoisotopic (exact) mass is 251 g/mol. The van der Waals surface area contributed by atoms with Gasteiger partial charge in [-0.2, -0.15) is 0 Å². The molecule has 1 fully saturated rings. The standard InChI is InChI=1S/C9H17NO7/c1-16-9(8(14)15)2-5(13)7(10-4-12)6(3-11)17-9/h5-7,10-13H,2-4H2,1H3,(H,14,15). The minimum absolute atomic E-state index is 0.299. The molecule has 0 saturated carbocycles. The molecule has 0 aromatic heterocycles. The van der Waals surface area contributed by atoms with E-state index in [1.54, 1.807) is 0 Å². The first kappa shape index (κ1) is 14.3. The number of carboxylic acid groups (broad SMARTS) is 1. The largest absolute Gasteiger partial charge is 0.477 e. The van der Waals surface area contributed by atoms with Crippen LogP contribution < -0.4 is 5.32 Å². The maximum Gasteiger partial charge on any atom is 0.364 e. The van der Waals surface area contributed by atoms with Crippen molar-refractivity contribution in [1.82, 2.24) is 5.32 Å². The van der Waals surface area contributed by atoms with E-state index in [0.29, 0.717) is 0 Å². The Morgan fingerprint density at radius 2 is 2.24 bits per heavy atom. The van der Waals surface area contributed by atoms with Gasteiger partial charge in [0.25, 0.3) is 5.79 Å². The van der Waals surface area contributed by atoms with Crippen molar-refractivity contribution in [2.45, 2.75) is 30.5 Å². The number of carbonyl (C=O) groups is 1. The number of rotatable bonds is 5. The highest BCUT2D eigenvalue weighted by Crippen LogP contribution is 2.30. The van der Waals surface area contributed by atoms with Gasteiger partial charge < -0.3 is 29.9 Å². The molecule has 5 N–H and O–H groups in total.